The van der Waals surface area contributed by atoms with Gasteiger partial charge in [0.25, 0.3) is 11.1 Å². The van der Waals surface area contributed by atoms with Crippen LogP contribution in [0.4, 0.5) is 4.79 Å². The summed E-state index contributed by atoms with van der Waals surface area (Å²) in [5.74, 6) is 0.520. The van der Waals surface area contributed by atoms with Crippen molar-refractivity contribution in [3.63, 3.8) is 0 Å². The lowest BCUT2D eigenvalue weighted by molar-refractivity contribution is -0.123. The molecule has 0 bridgehead atoms. The molecular weight excluding hydrogens is 384 g/mol. The van der Waals surface area contributed by atoms with E-state index in [2.05, 4.69) is 0 Å². The summed E-state index contributed by atoms with van der Waals surface area (Å²) in [6.07, 6.45) is 1.78. The summed E-state index contributed by atoms with van der Waals surface area (Å²) in [5, 5.41) is -0.246. The van der Waals surface area contributed by atoms with E-state index < -0.39 is 0 Å². The number of hydrogen-bond acceptors (Lipinski definition) is 4. The van der Waals surface area contributed by atoms with Crippen molar-refractivity contribution in [1.82, 2.24) is 9.47 Å². The van der Waals surface area contributed by atoms with E-state index in [9.17, 15) is 9.59 Å². The van der Waals surface area contributed by atoms with Crippen LogP contribution in [0.3, 0.4) is 0 Å². The first-order valence-corrected chi connectivity index (χ1v) is 10.0. The third kappa shape index (κ3) is 3.84. The molecule has 29 heavy (non-hydrogen) atoms. The summed E-state index contributed by atoms with van der Waals surface area (Å²) >= 11 is 0.980. The van der Waals surface area contributed by atoms with Gasteiger partial charge in [0.05, 0.1) is 18.6 Å². The van der Waals surface area contributed by atoms with Crippen molar-refractivity contribution in [1.29, 1.82) is 0 Å². The minimum Gasteiger partial charge on any atom is -0.497 e. The fraction of sp³-hybridized carbons (Fsp3) is 0.130. The maximum atomic E-state index is 12.9. The first-order valence-electron chi connectivity index (χ1n) is 9.19. The minimum absolute atomic E-state index is 0.246. The molecule has 5 nitrogen and oxygen atoms in total. The van der Waals surface area contributed by atoms with E-state index in [4.69, 9.17) is 4.74 Å². The Morgan fingerprint density at radius 2 is 1.69 bits per heavy atom. The van der Waals surface area contributed by atoms with E-state index in [0.29, 0.717) is 4.91 Å². The third-order valence-corrected chi connectivity index (χ3v) is 5.68. The molecule has 2 aromatic carbocycles. The van der Waals surface area contributed by atoms with Gasteiger partial charge in [-0.1, -0.05) is 30.3 Å². The Bertz CT molecular complexity index is 1090. The van der Waals surface area contributed by atoms with Crippen molar-refractivity contribution >= 4 is 29.0 Å². The fourth-order valence-corrected chi connectivity index (χ4v) is 4.11. The molecular formula is C23H20N2O3S. The lowest BCUT2D eigenvalue weighted by Crippen LogP contribution is -2.27. The number of methoxy groups -OCH3 is 1. The lowest BCUT2D eigenvalue weighted by Gasteiger charge is -2.12. The second-order valence-corrected chi connectivity index (χ2v) is 7.68. The van der Waals surface area contributed by atoms with Gasteiger partial charge in [-0.2, -0.15) is 0 Å². The molecule has 6 heteroatoms. The number of imide groups is 1. The van der Waals surface area contributed by atoms with Gasteiger partial charge in [0.2, 0.25) is 0 Å². The van der Waals surface area contributed by atoms with Crippen LogP contribution in [0.5, 0.6) is 5.75 Å². The molecule has 0 radical (unpaired) electrons. The van der Waals surface area contributed by atoms with E-state index in [-0.39, 0.29) is 17.7 Å². The molecule has 0 atom stereocenters. The summed E-state index contributed by atoms with van der Waals surface area (Å²) in [6.45, 7) is 2.28. The number of thioether (sulfide) groups is 1. The zero-order valence-corrected chi connectivity index (χ0v) is 17.0. The molecule has 146 valence electrons. The average molecular weight is 404 g/mol. The van der Waals surface area contributed by atoms with Crippen molar-refractivity contribution in [2.45, 2.75) is 13.5 Å². The van der Waals surface area contributed by atoms with E-state index >= 15 is 0 Å². The molecule has 0 aliphatic carbocycles. The summed E-state index contributed by atoms with van der Waals surface area (Å²) in [7, 11) is 1.63. The molecule has 0 saturated carbocycles. The molecule has 2 amide bonds. The molecule has 1 saturated heterocycles. The minimum atomic E-state index is -0.260. The van der Waals surface area contributed by atoms with Gasteiger partial charge in [0, 0.05) is 17.1 Å². The zero-order chi connectivity index (χ0) is 20.4. The van der Waals surface area contributed by atoms with Gasteiger partial charge in [0.15, 0.2) is 0 Å². The number of hydrogen-bond donors (Lipinski definition) is 0. The van der Waals surface area contributed by atoms with Crippen molar-refractivity contribution in [2.24, 2.45) is 0 Å². The smallest absolute Gasteiger partial charge is 0.293 e. The quantitative estimate of drug-likeness (QED) is 0.560. The standard InChI is InChI=1S/C23H20N2O3S/c1-16-8-9-19(25(16)18-10-12-20(28-2)13-11-18)14-21-22(26)24(23(27)29-21)15-17-6-4-3-5-7-17/h3-14H,15H2,1-2H3/b21-14-. The normalized spacial score (nSPS) is 15.4. The molecule has 1 aliphatic heterocycles. The molecule has 1 aromatic heterocycles. The number of amides is 2. The van der Waals surface area contributed by atoms with E-state index in [1.807, 2.05) is 78.2 Å². The predicted octanol–water partition coefficient (Wildman–Crippen LogP) is 5.03. The monoisotopic (exact) mass is 404 g/mol. The van der Waals surface area contributed by atoms with Gasteiger partial charge < -0.3 is 9.30 Å². The van der Waals surface area contributed by atoms with Crippen molar-refractivity contribution in [3.05, 3.63) is 88.6 Å². The van der Waals surface area contributed by atoms with Crippen LogP contribution >= 0.6 is 11.8 Å². The van der Waals surface area contributed by atoms with Gasteiger partial charge in [-0.3, -0.25) is 14.5 Å². The number of benzene rings is 2. The molecule has 4 rings (SSSR count). The van der Waals surface area contributed by atoms with E-state index in [1.165, 1.54) is 4.90 Å². The Hall–Kier alpha value is -3.25. The van der Waals surface area contributed by atoms with Crippen molar-refractivity contribution in [2.75, 3.05) is 7.11 Å². The van der Waals surface area contributed by atoms with Crippen LogP contribution in [0.25, 0.3) is 11.8 Å². The second kappa shape index (κ2) is 8.01. The highest BCUT2D eigenvalue weighted by atomic mass is 32.2. The highest BCUT2D eigenvalue weighted by Crippen LogP contribution is 2.34. The van der Waals surface area contributed by atoms with Crippen LogP contribution < -0.4 is 4.74 Å². The van der Waals surface area contributed by atoms with Gasteiger partial charge in [0.1, 0.15) is 5.75 Å². The van der Waals surface area contributed by atoms with Crippen LogP contribution in [-0.4, -0.2) is 27.7 Å². The van der Waals surface area contributed by atoms with Crippen LogP contribution in [-0.2, 0) is 11.3 Å². The Kier molecular flexibility index (Phi) is 5.27. The number of ether oxygens (including phenoxy) is 1. The van der Waals surface area contributed by atoms with Gasteiger partial charge >= 0.3 is 0 Å². The van der Waals surface area contributed by atoms with Gasteiger partial charge in [-0.25, -0.2) is 0 Å². The fourth-order valence-electron chi connectivity index (χ4n) is 3.29. The average Bonchev–Trinajstić information content (AvgIpc) is 3.23. The molecule has 0 N–H and O–H groups in total. The van der Waals surface area contributed by atoms with Gasteiger partial charge in [-0.05, 0) is 66.7 Å². The maximum absolute atomic E-state index is 12.9. The van der Waals surface area contributed by atoms with E-state index in [0.717, 1.165) is 40.2 Å². The molecule has 1 aliphatic rings. The number of aryl methyl sites for hydroxylation is 1. The lowest BCUT2D eigenvalue weighted by atomic mass is 10.2. The second-order valence-electron chi connectivity index (χ2n) is 6.69. The topological polar surface area (TPSA) is 51.5 Å². The van der Waals surface area contributed by atoms with Crippen LogP contribution in [0.15, 0.2) is 71.6 Å². The first kappa shape index (κ1) is 19.1. The summed E-state index contributed by atoms with van der Waals surface area (Å²) in [5.41, 5.74) is 3.76. The van der Waals surface area contributed by atoms with E-state index in [1.54, 1.807) is 13.2 Å². The van der Waals surface area contributed by atoms with Crippen LogP contribution in [0, 0.1) is 6.92 Å². The third-order valence-electron chi connectivity index (χ3n) is 4.77. The zero-order valence-electron chi connectivity index (χ0n) is 16.2. The molecule has 0 spiro atoms. The Morgan fingerprint density at radius 1 is 0.966 bits per heavy atom. The SMILES string of the molecule is COc1ccc(-n2c(C)ccc2/C=C2\SC(=O)N(Cc3ccccc3)C2=O)cc1. The predicted molar refractivity (Wildman–Crippen MR) is 115 cm³/mol. The Balaban J connectivity index is 1.63. The molecule has 2 heterocycles. The van der Waals surface area contributed by atoms with Crippen molar-refractivity contribution in [3.8, 4) is 11.4 Å². The number of carbonyl (C=O) groups is 2. The highest BCUT2D eigenvalue weighted by molar-refractivity contribution is 8.18. The summed E-state index contributed by atoms with van der Waals surface area (Å²) < 4.78 is 7.28. The number of rotatable bonds is 5. The molecule has 1 fully saturated rings. The molecule has 0 unspecified atom stereocenters. The molecule has 3 aromatic rings. The maximum Gasteiger partial charge on any atom is 0.293 e. The number of carbonyl (C=O) groups excluding carboxylic acids is 2. The Morgan fingerprint density at radius 3 is 2.38 bits per heavy atom. The largest absolute Gasteiger partial charge is 0.497 e. The number of nitrogens with zero attached hydrogens (tertiary/aromatic N) is 2. The number of aromatic nitrogens is 1. The summed E-state index contributed by atoms with van der Waals surface area (Å²) in [4.78, 5) is 27.0. The first-order chi connectivity index (χ1) is 14.1. The van der Waals surface area contributed by atoms with Crippen LogP contribution in [0.1, 0.15) is 17.0 Å². The Labute approximate surface area is 173 Å². The van der Waals surface area contributed by atoms with Crippen LogP contribution in [0.2, 0.25) is 0 Å². The van der Waals surface area contributed by atoms with Gasteiger partial charge in [-0.15, -0.1) is 0 Å². The van der Waals surface area contributed by atoms with Crippen molar-refractivity contribution < 1.29 is 14.3 Å². The summed E-state index contributed by atoms with van der Waals surface area (Å²) in [6, 6.07) is 21.2. The highest BCUT2D eigenvalue weighted by Gasteiger charge is 2.35.